The second kappa shape index (κ2) is 12.5. The van der Waals surface area contributed by atoms with Crippen LogP contribution in [0.25, 0.3) is 0 Å². The number of imidazole rings is 1. The minimum absolute atomic E-state index is 0. The third kappa shape index (κ3) is 9.15. The fourth-order valence-corrected chi connectivity index (χ4v) is 2.77. The van der Waals surface area contributed by atoms with Gasteiger partial charge in [0.05, 0.1) is 31.7 Å². The van der Waals surface area contributed by atoms with Crippen molar-refractivity contribution in [2.24, 2.45) is 4.99 Å². The Bertz CT molecular complexity index is 503. The molecule has 0 bridgehead atoms. The largest absolute Gasteiger partial charge is 0.387 e. The molecule has 26 heavy (non-hydrogen) atoms. The molecule has 0 saturated carbocycles. The van der Waals surface area contributed by atoms with Crippen LogP contribution in [0.2, 0.25) is 0 Å². The zero-order valence-corrected chi connectivity index (χ0v) is 18.2. The van der Waals surface area contributed by atoms with E-state index < -0.39 is 5.60 Å². The molecule has 1 aromatic rings. The number of guanidine groups is 1. The molecule has 0 spiro atoms. The minimum atomic E-state index is -0.851. The maximum atomic E-state index is 10.6. The van der Waals surface area contributed by atoms with E-state index in [-0.39, 0.29) is 24.0 Å². The van der Waals surface area contributed by atoms with Gasteiger partial charge in [-0.1, -0.05) is 0 Å². The Morgan fingerprint density at radius 1 is 1.35 bits per heavy atom. The lowest BCUT2D eigenvalue weighted by atomic mass is 10.1. The highest BCUT2D eigenvalue weighted by molar-refractivity contribution is 14.0. The molecule has 9 heteroatoms. The molecule has 1 aromatic heterocycles. The van der Waals surface area contributed by atoms with Crippen molar-refractivity contribution >= 4 is 29.9 Å². The Hall–Kier alpha value is -0.910. The van der Waals surface area contributed by atoms with Crippen molar-refractivity contribution < 1.29 is 9.84 Å². The van der Waals surface area contributed by atoms with Crippen molar-refractivity contribution in [2.75, 3.05) is 52.5 Å². The first-order valence-corrected chi connectivity index (χ1v) is 9.09. The average Bonchev–Trinajstić information content (AvgIpc) is 3.10. The molecule has 3 N–H and O–H groups in total. The molecule has 1 unspecified atom stereocenters. The number of β-amino-alcohol motifs (C(OH)–C–C–N with tert-alkyl or cyclic N) is 1. The van der Waals surface area contributed by atoms with Gasteiger partial charge in [-0.3, -0.25) is 9.89 Å². The maximum absolute atomic E-state index is 10.6. The Labute approximate surface area is 173 Å². The maximum Gasteiger partial charge on any atom is 0.191 e. The van der Waals surface area contributed by atoms with Gasteiger partial charge in [0.2, 0.25) is 0 Å². The highest BCUT2D eigenvalue weighted by Gasteiger charge is 2.25. The van der Waals surface area contributed by atoms with Crippen LogP contribution >= 0.6 is 24.0 Å². The van der Waals surface area contributed by atoms with Crippen LogP contribution in [-0.2, 0) is 11.3 Å². The molecule has 2 rings (SSSR count). The Morgan fingerprint density at radius 2 is 2.12 bits per heavy atom. The molecular weight excluding hydrogens is 447 g/mol. The van der Waals surface area contributed by atoms with E-state index in [2.05, 4.69) is 30.1 Å². The first kappa shape index (κ1) is 23.1. The van der Waals surface area contributed by atoms with Crippen molar-refractivity contribution in [3.63, 3.8) is 0 Å². The van der Waals surface area contributed by atoms with Crippen LogP contribution < -0.4 is 10.6 Å². The second-order valence-corrected chi connectivity index (χ2v) is 6.66. The number of nitrogens with one attached hydrogen (secondary N) is 2. The Balaban J connectivity index is 0.00000338. The number of aromatic nitrogens is 2. The van der Waals surface area contributed by atoms with Gasteiger partial charge in [-0.25, -0.2) is 4.98 Å². The number of aryl methyl sites for hydroxylation is 1. The highest BCUT2D eigenvalue weighted by Crippen LogP contribution is 2.09. The summed E-state index contributed by atoms with van der Waals surface area (Å²) in [6.07, 6.45) is 6.55. The molecule has 8 nitrogen and oxygen atoms in total. The third-order valence-corrected chi connectivity index (χ3v) is 4.03. The molecule has 150 valence electrons. The normalized spacial score (nSPS) is 18.0. The molecule has 0 amide bonds. The van der Waals surface area contributed by atoms with Crippen LogP contribution in [0.3, 0.4) is 0 Å². The Kier molecular flexibility index (Phi) is 11.1. The summed E-state index contributed by atoms with van der Waals surface area (Å²) in [6, 6.07) is 0. The van der Waals surface area contributed by atoms with Gasteiger partial charge < -0.3 is 25.0 Å². The molecule has 1 saturated heterocycles. The van der Waals surface area contributed by atoms with Crippen molar-refractivity contribution in [3.05, 3.63) is 18.7 Å². The van der Waals surface area contributed by atoms with E-state index in [9.17, 15) is 5.11 Å². The number of rotatable bonds is 9. The molecule has 1 aliphatic heterocycles. The number of morpholine rings is 1. The van der Waals surface area contributed by atoms with Crippen LogP contribution in [0.5, 0.6) is 0 Å². The van der Waals surface area contributed by atoms with E-state index in [4.69, 9.17) is 4.74 Å². The van der Waals surface area contributed by atoms with Crippen molar-refractivity contribution in [1.82, 2.24) is 25.1 Å². The fourth-order valence-electron chi connectivity index (χ4n) is 2.77. The number of halogens is 1. The zero-order chi connectivity index (χ0) is 18.0. The summed E-state index contributed by atoms with van der Waals surface area (Å²) >= 11 is 0. The van der Waals surface area contributed by atoms with Gasteiger partial charge in [0.25, 0.3) is 0 Å². The molecule has 0 aliphatic carbocycles. The molecule has 1 aliphatic rings. The SMILES string of the molecule is CCNC(=NCC(C)(O)CN1CCOCC1)NCCCn1ccnc1.I. The topological polar surface area (TPSA) is 86.9 Å². The number of hydrogen-bond acceptors (Lipinski definition) is 5. The predicted octanol–water partition coefficient (Wildman–Crippen LogP) is 0.530. The lowest BCUT2D eigenvalue weighted by Crippen LogP contribution is -2.48. The van der Waals surface area contributed by atoms with Crippen molar-refractivity contribution in [1.29, 1.82) is 0 Å². The van der Waals surface area contributed by atoms with Gasteiger partial charge >= 0.3 is 0 Å². The number of ether oxygens (including phenoxy) is 1. The zero-order valence-electron chi connectivity index (χ0n) is 15.9. The number of nitrogens with zero attached hydrogens (tertiary/aromatic N) is 4. The van der Waals surface area contributed by atoms with E-state index in [1.807, 2.05) is 26.4 Å². The van der Waals surface area contributed by atoms with Gasteiger partial charge in [0.1, 0.15) is 0 Å². The minimum Gasteiger partial charge on any atom is -0.387 e. The molecule has 2 heterocycles. The molecule has 0 radical (unpaired) electrons. The van der Waals surface area contributed by atoms with Crippen LogP contribution in [0.1, 0.15) is 20.3 Å². The third-order valence-electron chi connectivity index (χ3n) is 4.03. The Morgan fingerprint density at radius 3 is 2.77 bits per heavy atom. The van der Waals surface area contributed by atoms with E-state index in [1.54, 1.807) is 6.20 Å². The van der Waals surface area contributed by atoms with Gasteiger partial charge in [-0.2, -0.15) is 0 Å². The first-order valence-electron chi connectivity index (χ1n) is 9.09. The standard InChI is InChI=1S/C17H32N6O2.HI/c1-3-19-16(20-5-4-7-23-8-6-18-15-23)21-13-17(2,24)14-22-9-11-25-12-10-22;/h6,8,15,24H,3-5,7,9-14H2,1-2H3,(H2,19,20,21);1H. The lowest BCUT2D eigenvalue weighted by Gasteiger charge is -2.33. The summed E-state index contributed by atoms with van der Waals surface area (Å²) in [4.78, 5) is 10.8. The molecule has 1 fully saturated rings. The summed E-state index contributed by atoms with van der Waals surface area (Å²) in [6.45, 7) is 10.6. The summed E-state index contributed by atoms with van der Waals surface area (Å²) in [5, 5.41) is 17.2. The van der Waals surface area contributed by atoms with E-state index >= 15 is 0 Å². The number of aliphatic hydroxyl groups is 1. The molecule has 1 atom stereocenters. The monoisotopic (exact) mass is 480 g/mol. The van der Waals surface area contributed by atoms with Crippen LogP contribution in [0, 0.1) is 0 Å². The highest BCUT2D eigenvalue weighted by atomic mass is 127. The first-order chi connectivity index (χ1) is 12.1. The predicted molar refractivity (Wildman–Crippen MR) is 114 cm³/mol. The van der Waals surface area contributed by atoms with Crippen LogP contribution in [-0.4, -0.2) is 83.6 Å². The van der Waals surface area contributed by atoms with E-state index in [0.29, 0.717) is 13.1 Å². The van der Waals surface area contributed by atoms with Crippen molar-refractivity contribution in [3.8, 4) is 0 Å². The molecule has 0 aromatic carbocycles. The summed E-state index contributed by atoms with van der Waals surface area (Å²) in [7, 11) is 0. The fraction of sp³-hybridized carbons (Fsp3) is 0.765. The number of aliphatic imine (C=N–C) groups is 1. The van der Waals surface area contributed by atoms with Gasteiger partial charge in [0, 0.05) is 51.7 Å². The van der Waals surface area contributed by atoms with E-state index in [0.717, 1.165) is 58.3 Å². The van der Waals surface area contributed by atoms with Gasteiger partial charge in [0.15, 0.2) is 5.96 Å². The van der Waals surface area contributed by atoms with Gasteiger partial charge in [-0.05, 0) is 20.3 Å². The van der Waals surface area contributed by atoms with E-state index in [1.165, 1.54) is 0 Å². The molecular formula is C17H33IN6O2. The average molecular weight is 480 g/mol. The van der Waals surface area contributed by atoms with Crippen molar-refractivity contribution in [2.45, 2.75) is 32.4 Å². The summed E-state index contributed by atoms with van der Waals surface area (Å²) in [5.41, 5.74) is -0.851. The smallest absolute Gasteiger partial charge is 0.191 e. The quantitative estimate of drug-likeness (QED) is 0.207. The second-order valence-electron chi connectivity index (χ2n) is 6.66. The number of hydrogen-bond donors (Lipinski definition) is 3. The van der Waals surface area contributed by atoms with Crippen LogP contribution in [0.15, 0.2) is 23.7 Å². The summed E-state index contributed by atoms with van der Waals surface area (Å²) in [5.74, 6) is 0.746. The summed E-state index contributed by atoms with van der Waals surface area (Å²) < 4.78 is 7.40. The van der Waals surface area contributed by atoms with Gasteiger partial charge in [-0.15, -0.1) is 24.0 Å². The lowest BCUT2D eigenvalue weighted by molar-refractivity contribution is -0.0179. The van der Waals surface area contributed by atoms with Crippen LogP contribution in [0.4, 0.5) is 0 Å².